The number of benzene rings is 1. The summed E-state index contributed by atoms with van der Waals surface area (Å²) in [6.45, 7) is 0. The van der Waals surface area contributed by atoms with Gasteiger partial charge in [-0.3, -0.25) is 9.21 Å². The Balaban J connectivity index is 2.38. The Morgan fingerprint density at radius 3 is 2.40 bits per heavy atom. The SMILES string of the molecule is COc1ccc(-c2[o+]c(O)c(C(=O)C(F)(F)F)s2)cc1. The summed E-state index contributed by atoms with van der Waals surface area (Å²) in [5.74, 6) is -2.62. The van der Waals surface area contributed by atoms with E-state index >= 15 is 0 Å². The van der Waals surface area contributed by atoms with Crippen LogP contribution in [0.25, 0.3) is 10.6 Å². The van der Waals surface area contributed by atoms with E-state index in [0.717, 1.165) is 0 Å². The summed E-state index contributed by atoms with van der Waals surface area (Å²) in [6, 6.07) is 6.23. The first-order chi connectivity index (χ1) is 9.32. The maximum absolute atomic E-state index is 12.3. The highest BCUT2D eigenvalue weighted by Crippen LogP contribution is 2.39. The van der Waals surface area contributed by atoms with Crippen LogP contribution in [0.2, 0.25) is 0 Å². The number of alkyl halides is 3. The second-order valence-electron chi connectivity index (χ2n) is 3.68. The third-order valence-corrected chi connectivity index (χ3v) is 3.44. The van der Waals surface area contributed by atoms with E-state index in [4.69, 9.17) is 9.15 Å². The van der Waals surface area contributed by atoms with Crippen molar-refractivity contribution >= 4 is 17.1 Å². The highest BCUT2D eigenvalue weighted by Gasteiger charge is 2.46. The first-order valence-electron chi connectivity index (χ1n) is 5.24. The Morgan fingerprint density at radius 2 is 1.90 bits per heavy atom. The molecule has 20 heavy (non-hydrogen) atoms. The number of ether oxygens (including phenoxy) is 1. The van der Waals surface area contributed by atoms with Crippen molar-refractivity contribution in [3.05, 3.63) is 29.1 Å². The van der Waals surface area contributed by atoms with Crippen molar-refractivity contribution in [3.63, 3.8) is 0 Å². The Morgan fingerprint density at radius 1 is 1.30 bits per heavy atom. The number of methoxy groups -OCH3 is 1. The van der Waals surface area contributed by atoms with Crippen molar-refractivity contribution in [2.45, 2.75) is 6.18 Å². The highest BCUT2D eigenvalue weighted by molar-refractivity contribution is 7.17. The van der Waals surface area contributed by atoms with Gasteiger partial charge in [0.2, 0.25) is 4.88 Å². The summed E-state index contributed by atoms with van der Waals surface area (Å²) in [5, 5.41) is 9.32. The number of ketones is 1. The van der Waals surface area contributed by atoms with E-state index in [0.29, 0.717) is 22.6 Å². The van der Waals surface area contributed by atoms with Crippen LogP contribution in [0.1, 0.15) is 9.67 Å². The van der Waals surface area contributed by atoms with E-state index in [-0.39, 0.29) is 5.07 Å². The molecule has 8 heteroatoms. The van der Waals surface area contributed by atoms with Gasteiger partial charge in [-0.2, -0.15) is 13.2 Å². The minimum atomic E-state index is -5.06. The second kappa shape index (κ2) is 5.12. The fourth-order valence-corrected chi connectivity index (χ4v) is 2.31. The smallest absolute Gasteiger partial charge is 0.497 e. The van der Waals surface area contributed by atoms with Gasteiger partial charge in [-0.05, 0) is 35.6 Å². The number of rotatable bonds is 3. The second-order valence-corrected chi connectivity index (χ2v) is 4.66. The molecule has 0 aliphatic carbocycles. The normalized spacial score (nSPS) is 11.4. The Bertz CT molecular complexity index is 631. The summed E-state index contributed by atoms with van der Waals surface area (Å²) in [5.41, 5.74) is 0.423. The molecule has 0 atom stereocenters. The van der Waals surface area contributed by atoms with Gasteiger partial charge in [0.1, 0.15) is 5.75 Å². The van der Waals surface area contributed by atoms with Gasteiger partial charge in [0.15, 0.2) is 0 Å². The predicted octanol–water partition coefficient (Wildman–Crippen LogP) is 3.75. The summed E-state index contributed by atoms with van der Waals surface area (Å²) in [4.78, 5) is 10.2. The van der Waals surface area contributed by atoms with E-state index < -0.39 is 22.8 Å². The van der Waals surface area contributed by atoms with Crippen LogP contribution < -0.4 is 4.74 Å². The minimum absolute atomic E-state index is 0.00208. The zero-order chi connectivity index (χ0) is 14.9. The molecule has 0 unspecified atom stereocenters. The van der Waals surface area contributed by atoms with Gasteiger partial charge in [-0.25, -0.2) is 0 Å². The molecule has 2 aromatic rings. The lowest BCUT2D eigenvalue weighted by molar-refractivity contribution is -0.0885. The number of carbonyl (C=O) groups excluding carboxylic acids is 1. The summed E-state index contributed by atoms with van der Waals surface area (Å²) < 4.78 is 46.7. The predicted molar refractivity (Wildman–Crippen MR) is 65.0 cm³/mol. The van der Waals surface area contributed by atoms with Gasteiger partial charge in [0, 0.05) is 0 Å². The largest absolute Gasteiger partial charge is 0.539 e. The third-order valence-electron chi connectivity index (χ3n) is 2.37. The number of hydrogen-bond acceptors (Lipinski definition) is 4. The van der Waals surface area contributed by atoms with Gasteiger partial charge in [-0.1, -0.05) is 0 Å². The van der Waals surface area contributed by atoms with Gasteiger partial charge < -0.3 is 9.84 Å². The molecule has 0 radical (unpaired) electrons. The van der Waals surface area contributed by atoms with Crippen LogP contribution in [0.4, 0.5) is 13.2 Å². The van der Waals surface area contributed by atoms with Crippen LogP contribution >= 0.6 is 11.3 Å². The van der Waals surface area contributed by atoms with Crippen molar-refractivity contribution in [1.29, 1.82) is 0 Å². The molecule has 0 aliphatic rings. The Labute approximate surface area is 115 Å². The van der Waals surface area contributed by atoms with Crippen molar-refractivity contribution < 1.29 is 32.2 Å². The molecular weight excluding hydrogens is 297 g/mol. The zero-order valence-corrected chi connectivity index (χ0v) is 10.8. The molecule has 0 spiro atoms. The molecule has 0 fully saturated rings. The molecule has 1 aromatic heterocycles. The average molecular weight is 305 g/mol. The average Bonchev–Trinajstić information content (AvgIpc) is 2.79. The van der Waals surface area contributed by atoms with Crippen LogP contribution in [-0.2, 0) is 0 Å². The highest BCUT2D eigenvalue weighted by atomic mass is 32.1. The molecule has 0 saturated heterocycles. The Hall–Kier alpha value is -2.09. The Kier molecular flexibility index (Phi) is 3.67. The molecule has 2 rings (SSSR count). The molecule has 4 nitrogen and oxygen atoms in total. The fourth-order valence-electron chi connectivity index (χ4n) is 1.41. The summed E-state index contributed by atoms with van der Waals surface area (Å²) >= 11 is 0.434. The minimum Gasteiger partial charge on any atom is -0.497 e. The molecule has 1 N–H and O–H groups in total. The fraction of sp³-hybridized carbons (Fsp3) is 0.167. The van der Waals surface area contributed by atoms with Crippen molar-refractivity contribution in [2.24, 2.45) is 0 Å². The van der Waals surface area contributed by atoms with Gasteiger partial charge in [-0.15, -0.1) is 0 Å². The lowest BCUT2D eigenvalue weighted by atomic mass is 10.2. The molecule has 1 heterocycles. The van der Waals surface area contributed by atoms with Crippen LogP contribution in [0.15, 0.2) is 28.7 Å². The molecule has 0 amide bonds. The number of Topliss-reactive ketones (excluding diaryl/α,β-unsaturated/α-hetero) is 1. The van der Waals surface area contributed by atoms with Crippen LogP contribution in [0.3, 0.4) is 0 Å². The molecule has 1 aromatic carbocycles. The first-order valence-corrected chi connectivity index (χ1v) is 6.06. The standard InChI is InChI=1S/C12H7F3O4S/c1-18-7-4-2-6(3-5-7)11-19-10(17)8(20-11)9(16)12(13,14)15/h2-5H,1H3/p+1. The number of hydrogen-bond donors (Lipinski definition) is 1. The zero-order valence-electron chi connectivity index (χ0n) is 10.0. The van der Waals surface area contributed by atoms with Crippen molar-refractivity contribution in [3.8, 4) is 22.3 Å². The quantitative estimate of drug-likeness (QED) is 0.693. The van der Waals surface area contributed by atoms with Gasteiger partial charge >= 0.3 is 17.2 Å². The van der Waals surface area contributed by atoms with E-state index in [1.54, 1.807) is 12.1 Å². The van der Waals surface area contributed by atoms with E-state index in [1.807, 2.05) is 0 Å². The third kappa shape index (κ3) is 2.74. The number of halogens is 3. The topological polar surface area (TPSA) is 57.8 Å². The van der Waals surface area contributed by atoms with E-state index in [1.165, 1.54) is 19.2 Å². The van der Waals surface area contributed by atoms with E-state index in [2.05, 4.69) is 0 Å². The molecular formula is C12H8F3O4S+. The lowest BCUT2D eigenvalue weighted by Gasteiger charge is -1.99. The summed E-state index contributed by atoms with van der Waals surface area (Å²) in [7, 11) is 1.47. The lowest BCUT2D eigenvalue weighted by Crippen LogP contribution is -2.21. The van der Waals surface area contributed by atoms with Crippen molar-refractivity contribution in [2.75, 3.05) is 7.11 Å². The molecule has 0 bridgehead atoms. The maximum Gasteiger partial charge on any atom is 0.539 e. The maximum atomic E-state index is 12.3. The van der Waals surface area contributed by atoms with Gasteiger partial charge in [0.05, 0.1) is 12.7 Å². The van der Waals surface area contributed by atoms with Crippen molar-refractivity contribution in [1.82, 2.24) is 0 Å². The first kappa shape index (κ1) is 14.3. The molecule has 106 valence electrons. The van der Waals surface area contributed by atoms with Crippen LogP contribution in [0, 0.1) is 0 Å². The number of aromatic hydroxyl groups is 1. The van der Waals surface area contributed by atoms with Crippen LogP contribution in [0.5, 0.6) is 11.7 Å². The molecule has 0 aliphatic heterocycles. The van der Waals surface area contributed by atoms with Crippen LogP contribution in [-0.4, -0.2) is 24.2 Å². The van der Waals surface area contributed by atoms with E-state index in [9.17, 15) is 23.1 Å². The molecule has 0 saturated carbocycles. The van der Waals surface area contributed by atoms with Gasteiger partial charge in [0.25, 0.3) is 5.78 Å². The number of carbonyl (C=O) groups is 1. The monoisotopic (exact) mass is 305 g/mol. The summed E-state index contributed by atoms with van der Waals surface area (Å²) in [6.07, 6.45) is -5.06.